The van der Waals surface area contributed by atoms with Crippen molar-refractivity contribution in [1.82, 2.24) is 0 Å². The molecule has 2 saturated carbocycles. The van der Waals surface area contributed by atoms with Crippen LogP contribution in [0.1, 0.15) is 39.5 Å². The van der Waals surface area contributed by atoms with Crippen molar-refractivity contribution in [3.8, 4) is 0 Å². The van der Waals surface area contributed by atoms with E-state index in [1.165, 1.54) is 0 Å². The van der Waals surface area contributed by atoms with Crippen LogP contribution in [0.3, 0.4) is 0 Å². The Morgan fingerprint density at radius 2 is 2.11 bits per heavy atom. The highest BCUT2D eigenvalue weighted by Crippen LogP contribution is 2.54. The molecule has 3 aliphatic rings. The van der Waals surface area contributed by atoms with Crippen molar-refractivity contribution < 1.29 is 14.6 Å². The molecule has 0 spiro atoms. The number of rotatable bonds is 0. The fourth-order valence-corrected chi connectivity index (χ4v) is 4.41. The zero-order valence-electron chi connectivity index (χ0n) is 11.2. The molecular weight excluding hydrogens is 228 g/mol. The summed E-state index contributed by atoms with van der Waals surface area (Å²) in [5, 5.41) is 10.5. The standard InChI is InChI=1S/C15H22O3/c1-8-4-5-11-9(2)14(16)18-13-12(11)10(8)6-7-15(13,3)17/h8,10-13,17H,2,4-7H2,1,3H3/t8-,10+,11+,12?,13-,15-/m1/s1. The molecule has 1 saturated heterocycles. The largest absolute Gasteiger partial charge is 0.456 e. The normalized spacial score (nSPS) is 51.6. The monoisotopic (exact) mass is 250 g/mol. The predicted molar refractivity (Wildman–Crippen MR) is 67.7 cm³/mol. The Labute approximate surface area is 108 Å². The number of carbonyl (C=O) groups is 1. The topological polar surface area (TPSA) is 46.5 Å². The summed E-state index contributed by atoms with van der Waals surface area (Å²) in [5.41, 5.74) is -0.238. The first-order chi connectivity index (χ1) is 8.42. The van der Waals surface area contributed by atoms with Crippen LogP contribution in [-0.2, 0) is 9.53 Å². The van der Waals surface area contributed by atoms with Crippen LogP contribution in [0.4, 0.5) is 0 Å². The molecular formula is C15H22O3. The molecule has 3 rings (SSSR count). The number of aliphatic hydroxyl groups is 1. The van der Waals surface area contributed by atoms with Gasteiger partial charge in [0.1, 0.15) is 6.10 Å². The van der Waals surface area contributed by atoms with E-state index in [9.17, 15) is 9.90 Å². The Hall–Kier alpha value is -0.830. The molecule has 0 aromatic heterocycles. The summed E-state index contributed by atoms with van der Waals surface area (Å²) in [7, 11) is 0. The van der Waals surface area contributed by atoms with Crippen LogP contribution in [0, 0.1) is 23.7 Å². The van der Waals surface area contributed by atoms with Crippen molar-refractivity contribution in [2.24, 2.45) is 23.7 Å². The van der Waals surface area contributed by atoms with Gasteiger partial charge in [-0.1, -0.05) is 13.5 Å². The summed E-state index contributed by atoms with van der Waals surface area (Å²) in [6, 6.07) is 0. The Morgan fingerprint density at radius 3 is 2.83 bits per heavy atom. The van der Waals surface area contributed by atoms with Crippen LogP contribution in [0.2, 0.25) is 0 Å². The molecule has 18 heavy (non-hydrogen) atoms. The van der Waals surface area contributed by atoms with Crippen molar-refractivity contribution in [3.05, 3.63) is 12.2 Å². The minimum atomic E-state index is -0.868. The lowest BCUT2D eigenvalue weighted by molar-refractivity contribution is -0.204. The molecule has 100 valence electrons. The van der Waals surface area contributed by atoms with Crippen LogP contribution in [0.5, 0.6) is 0 Å². The van der Waals surface area contributed by atoms with Crippen molar-refractivity contribution in [2.75, 3.05) is 0 Å². The van der Waals surface area contributed by atoms with E-state index in [0.717, 1.165) is 25.7 Å². The van der Waals surface area contributed by atoms with Crippen LogP contribution < -0.4 is 0 Å². The van der Waals surface area contributed by atoms with Gasteiger partial charge in [0.05, 0.1) is 5.60 Å². The number of ether oxygens (including phenoxy) is 1. The highest BCUT2D eigenvalue weighted by molar-refractivity contribution is 5.89. The molecule has 1 N–H and O–H groups in total. The Morgan fingerprint density at radius 1 is 1.39 bits per heavy atom. The third-order valence-corrected chi connectivity index (χ3v) is 5.51. The highest BCUT2D eigenvalue weighted by atomic mass is 16.6. The first-order valence-electron chi connectivity index (χ1n) is 7.04. The molecule has 1 heterocycles. The van der Waals surface area contributed by atoms with Crippen LogP contribution >= 0.6 is 0 Å². The fraction of sp³-hybridized carbons (Fsp3) is 0.800. The van der Waals surface area contributed by atoms with E-state index in [0.29, 0.717) is 17.4 Å². The van der Waals surface area contributed by atoms with Crippen LogP contribution in [0.15, 0.2) is 12.2 Å². The SMILES string of the molecule is C=C1C(=O)O[C@@H]2C3[C@@H](CC[C@@]2(C)O)[C@H](C)CC[C@@H]13. The first-order valence-corrected chi connectivity index (χ1v) is 7.04. The molecule has 6 atom stereocenters. The first kappa shape index (κ1) is 12.2. The van der Waals surface area contributed by atoms with Gasteiger partial charge in [-0.05, 0) is 50.4 Å². The molecule has 3 heteroatoms. The van der Waals surface area contributed by atoms with Crippen LogP contribution in [0.25, 0.3) is 0 Å². The highest BCUT2D eigenvalue weighted by Gasteiger charge is 2.57. The van der Waals surface area contributed by atoms with Crippen molar-refractivity contribution in [2.45, 2.75) is 51.2 Å². The van der Waals surface area contributed by atoms with Gasteiger partial charge in [-0.15, -0.1) is 0 Å². The summed E-state index contributed by atoms with van der Waals surface area (Å²) in [5.74, 6) is 1.44. The zero-order chi connectivity index (χ0) is 13.1. The lowest BCUT2D eigenvalue weighted by atomic mass is 9.55. The zero-order valence-corrected chi connectivity index (χ0v) is 11.2. The average Bonchev–Trinajstić information content (AvgIpc) is 2.31. The molecule has 0 aromatic rings. The molecule has 0 radical (unpaired) electrons. The second-order valence-corrected chi connectivity index (χ2v) is 6.65. The van der Waals surface area contributed by atoms with Gasteiger partial charge in [0.2, 0.25) is 0 Å². The third kappa shape index (κ3) is 1.56. The Bertz CT molecular complexity index is 399. The molecule has 3 fully saturated rings. The molecule has 3 nitrogen and oxygen atoms in total. The quantitative estimate of drug-likeness (QED) is 0.530. The molecule has 0 amide bonds. The van der Waals surface area contributed by atoms with Gasteiger partial charge in [0.25, 0.3) is 0 Å². The van der Waals surface area contributed by atoms with Gasteiger partial charge < -0.3 is 9.84 Å². The van der Waals surface area contributed by atoms with Gasteiger partial charge in [-0.2, -0.15) is 0 Å². The van der Waals surface area contributed by atoms with Crippen molar-refractivity contribution in [1.29, 1.82) is 0 Å². The smallest absolute Gasteiger partial charge is 0.334 e. The number of hydrogen-bond acceptors (Lipinski definition) is 3. The predicted octanol–water partition coefficient (Wildman–Crippen LogP) is 2.29. The van der Waals surface area contributed by atoms with Crippen molar-refractivity contribution in [3.63, 3.8) is 0 Å². The Kier molecular flexibility index (Phi) is 2.60. The molecule has 1 unspecified atom stereocenters. The second kappa shape index (κ2) is 3.83. The summed E-state index contributed by atoms with van der Waals surface area (Å²) in [6.07, 6.45) is 3.62. The maximum Gasteiger partial charge on any atom is 0.334 e. The van der Waals surface area contributed by atoms with E-state index in [-0.39, 0.29) is 23.9 Å². The number of carbonyl (C=O) groups excluding carboxylic acids is 1. The maximum absolute atomic E-state index is 11.9. The van der Waals surface area contributed by atoms with Crippen LogP contribution in [-0.4, -0.2) is 22.8 Å². The lowest BCUT2D eigenvalue weighted by Gasteiger charge is -2.55. The summed E-state index contributed by atoms with van der Waals surface area (Å²) in [4.78, 5) is 11.9. The number of hydrogen-bond donors (Lipinski definition) is 1. The van der Waals surface area contributed by atoms with Crippen molar-refractivity contribution >= 4 is 5.97 Å². The summed E-state index contributed by atoms with van der Waals surface area (Å²) < 4.78 is 5.51. The lowest BCUT2D eigenvalue weighted by Crippen LogP contribution is -2.60. The number of esters is 1. The summed E-state index contributed by atoms with van der Waals surface area (Å²) in [6.45, 7) is 8.02. The van der Waals surface area contributed by atoms with Gasteiger partial charge in [-0.3, -0.25) is 0 Å². The molecule has 2 aliphatic carbocycles. The Balaban J connectivity index is 2.00. The third-order valence-electron chi connectivity index (χ3n) is 5.51. The van der Waals surface area contributed by atoms with E-state index in [2.05, 4.69) is 13.5 Å². The van der Waals surface area contributed by atoms with E-state index >= 15 is 0 Å². The fourth-order valence-electron chi connectivity index (χ4n) is 4.41. The maximum atomic E-state index is 11.9. The van der Waals surface area contributed by atoms with Gasteiger partial charge >= 0.3 is 5.97 Å². The van der Waals surface area contributed by atoms with E-state index in [4.69, 9.17) is 4.74 Å². The minimum absolute atomic E-state index is 0.226. The van der Waals surface area contributed by atoms with E-state index < -0.39 is 5.60 Å². The summed E-state index contributed by atoms with van der Waals surface area (Å²) >= 11 is 0. The van der Waals surface area contributed by atoms with Gasteiger partial charge in [0.15, 0.2) is 0 Å². The van der Waals surface area contributed by atoms with Gasteiger partial charge in [-0.25, -0.2) is 4.79 Å². The second-order valence-electron chi connectivity index (χ2n) is 6.65. The average molecular weight is 250 g/mol. The molecule has 0 aromatic carbocycles. The molecule has 0 bridgehead atoms. The molecule has 1 aliphatic heterocycles. The minimum Gasteiger partial charge on any atom is -0.456 e. The van der Waals surface area contributed by atoms with E-state index in [1.54, 1.807) is 0 Å². The van der Waals surface area contributed by atoms with Gasteiger partial charge in [0, 0.05) is 11.5 Å². The van der Waals surface area contributed by atoms with E-state index in [1.807, 2.05) is 6.92 Å².